The Balaban J connectivity index is 1.48. The Morgan fingerprint density at radius 1 is 1.00 bits per heavy atom. The molecule has 2 aromatic carbocycles. The first kappa shape index (κ1) is 23.6. The summed E-state index contributed by atoms with van der Waals surface area (Å²) in [7, 11) is 0. The molecule has 1 heterocycles. The summed E-state index contributed by atoms with van der Waals surface area (Å²) in [5.74, 6) is -0.418. The summed E-state index contributed by atoms with van der Waals surface area (Å²) in [6, 6.07) is 12.2. The highest BCUT2D eigenvalue weighted by atomic mass is 16.2. The standard InChI is InChI=1S/C29H31N3O2/c1-17-7-6-8-22(9-17)16-30-21(5)12-23-13-25(33)27(28(23)34)26-19(3)10-24(11-20(26)4)29-31-14-18(2)15-32-29/h6-11,14-15,23,27,30H,5,12-13,16H2,1-4H3. The number of nitrogens with one attached hydrogen (secondary N) is 1. The minimum Gasteiger partial charge on any atom is -0.385 e. The van der Waals surface area contributed by atoms with Gasteiger partial charge in [0.15, 0.2) is 11.6 Å². The van der Waals surface area contributed by atoms with Crippen molar-refractivity contribution in [3.8, 4) is 11.4 Å². The van der Waals surface area contributed by atoms with Crippen molar-refractivity contribution in [1.29, 1.82) is 0 Å². The Labute approximate surface area is 201 Å². The zero-order valence-corrected chi connectivity index (χ0v) is 20.3. The molecule has 2 atom stereocenters. The molecule has 5 nitrogen and oxygen atoms in total. The minimum atomic E-state index is -0.706. The van der Waals surface area contributed by atoms with E-state index in [1.807, 2.05) is 39.0 Å². The highest BCUT2D eigenvalue weighted by molar-refractivity contribution is 6.15. The third kappa shape index (κ3) is 4.98. The molecule has 0 saturated heterocycles. The highest BCUT2D eigenvalue weighted by Gasteiger charge is 2.43. The van der Waals surface area contributed by atoms with E-state index < -0.39 is 5.92 Å². The number of hydrogen-bond acceptors (Lipinski definition) is 5. The van der Waals surface area contributed by atoms with Gasteiger partial charge in [-0.1, -0.05) is 36.4 Å². The van der Waals surface area contributed by atoms with E-state index in [1.54, 1.807) is 12.4 Å². The van der Waals surface area contributed by atoms with Gasteiger partial charge in [-0.2, -0.15) is 0 Å². The molecule has 1 aliphatic carbocycles. The predicted molar refractivity (Wildman–Crippen MR) is 134 cm³/mol. The van der Waals surface area contributed by atoms with Gasteiger partial charge >= 0.3 is 0 Å². The van der Waals surface area contributed by atoms with Crippen molar-refractivity contribution < 1.29 is 9.59 Å². The molecular weight excluding hydrogens is 422 g/mol. The molecule has 1 N–H and O–H groups in total. The smallest absolute Gasteiger partial charge is 0.159 e. The van der Waals surface area contributed by atoms with Crippen LogP contribution < -0.4 is 5.32 Å². The zero-order valence-electron chi connectivity index (χ0n) is 20.3. The van der Waals surface area contributed by atoms with Crippen LogP contribution in [0.25, 0.3) is 11.4 Å². The average molecular weight is 454 g/mol. The number of nitrogens with zero attached hydrogens (tertiary/aromatic N) is 2. The fraction of sp³-hybridized carbons (Fsp3) is 0.310. The summed E-state index contributed by atoms with van der Waals surface area (Å²) < 4.78 is 0. The van der Waals surface area contributed by atoms with Gasteiger partial charge in [0, 0.05) is 42.5 Å². The van der Waals surface area contributed by atoms with E-state index in [4.69, 9.17) is 0 Å². The van der Waals surface area contributed by atoms with Gasteiger partial charge in [0.05, 0.1) is 0 Å². The monoisotopic (exact) mass is 453 g/mol. The van der Waals surface area contributed by atoms with Gasteiger partial charge in [-0.15, -0.1) is 0 Å². The third-order valence-electron chi connectivity index (χ3n) is 6.50. The summed E-state index contributed by atoms with van der Waals surface area (Å²) in [5.41, 5.74) is 7.71. The van der Waals surface area contributed by atoms with Crippen molar-refractivity contribution in [2.75, 3.05) is 0 Å². The second-order valence-corrected chi connectivity index (χ2v) is 9.46. The molecular formula is C29H31N3O2. The van der Waals surface area contributed by atoms with Gasteiger partial charge in [0.2, 0.25) is 0 Å². The SMILES string of the molecule is C=C(CC1CC(=O)C(c2c(C)cc(-c3ncc(C)cn3)cc2C)C1=O)NCc1cccc(C)c1. The maximum Gasteiger partial charge on any atom is 0.159 e. The summed E-state index contributed by atoms with van der Waals surface area (Å²) >= 11 is 0. The van der Waals surface area contributed by atoms with Crippen LogP contribution >= 0.6 is 0 Å². The molecule has 0 aliphatic heterocycles. The Bertz CT molecular complexity index is 1240. The predicted octanol–water partition coefficient (Wildman–Crippen LogP) is 5.31. The number of aryl methyl sites for hydroxylation is 4. The Morgan fingerprint density at radius 3 is 2.32 bits per heavy atom. The normalized spacial score (nSPS) is 17.8. The second-order valence-electron chi connectivity index (χ2n) is 9.46. The fourth-order valence-corrected chi connectivity index (χ4v) is 4.85. The molecule has 0 spiro atoms. The lowest BCUT2D eigenvalue weighted by Crippen LogP contribution is -2.20. The molecule has 0 amide bonds. The fourth-order valence-electron chi connectivity index (χ4n) is 4.85. The Morgan fingerprint density at radius 2 is 1.68 bits per heavy atom. The zero-order chi connectivity index (χ0) is 24.4. The van der Waals surface area contributed by atoms with Crippen LogP contribution in [0.1, 0.15) is 52.1 Å². The van der Waals surface area contributed by atoms with Crippen LogP contribution in [-0.2, 0) is 16.1 Å². The first-order chi connectivity index (χ1) is 16.2. The number of Topliss-reactive ketones (excluding diaryl/α,β-unsaturated/α-hetero) is 2. The van der Waals surface area contributed by atoms with Gasteiger partial charge in [0.25, 0.3) is 0 Å². The molecule has 5 heteroatoms. The van der Waals surface area contributed by atoms with Crippen LogP contribution in [0.4, 0.5) is 0 Å². The molecule has 3 aromatic rings. The number of carbonyl (C=O) groups excluding carboxylic acids is 2. The van der Waals surface area contributed by atoms with Crippen LogP contribution in [0.5, 0.6) is 0 Å². The van der Waals surface area contributed by atoms with E-state index in [0.717, 1.165) is 39.1 Å². The summed E-state index contributed by atoms with van der Waals surface area (Å²) in [5, 5.41) is 3.32. The van der Waals surface area contributed by atoms with Crippen molar-refractivity contribution in [2.45, 2.75) is 53.0 Å². The first-order valence-corrected chi connectivity index (χ1v) is 11.7. The van der Waals surface area contributed by atoms with Crippen LogP contribution in [0, 0.1) is 33.6 Å². The van der Waals surface area contributed by atoms with Crippen LogP contribution in [0.3, 0.4) is 0 Å². The number of ketones is 2. The van der Waals surface area contributed by atoms with Gasteiger partial charge in [-0.05, 0) is 74.1 Å². The van der Waals surface area contributed by atoms with Crippen molar-refractivity contribution in [1.82, 2.24) is 15.3 Å². The van der Waals surface area contributed by atoms with Gasteiger partial charge in [-0.3, -0.25) is 9.59 Å². The lowest BCUT2D eigenvalue weighted by Gasteiger charge is -2.17. The summed E-state index contributed by atoms with van der Waals surface area (Å²) in [6.07, 6.45) is 4.31. The average Bonchev–Trinajstić information content (AvgIpc) is 3.05. The number of aromatic nitrogens is 2. The number of allylic oxidation sites excluding steroid dienone is 1. The largest absolute Gasteiger partial charge is 0.385 e. The molecule has 34 heavy (non-hydrogen) atoms. The van der Waals surface area contributed by atoms with Crippen molar-refractivity contribution >= 4 is 11.6 Å². The number of rotatable bonds is 7. The minimum absolute atomic E-state index is 0.00552. The molecule has 1 saturated carbocycles. The Kier molecular flexibility index (Phi) is 6.73. The molecule has 1 fully saturated rings. The third-order valence-corrected chi connectivity index (χ3v) is 6.50. The van der Waals surface area contributed by atoms with E-state index >= 15 is 0 Å². The van der Waals surface area contributed by atoms with E-state index in [-0.39, 0.29) is 23.9 Å². The van der Waals surface area contributed by atoms with Crippen LogP contribution in [-0.4, -0.2) is 21.5 Å². The molecule has 2 unspecified atom stereocenters. The maximum absolute atomic E-state index is 13.4. The number of hydrogen-bond donors (Lipinski definition) is 1. The lowest BCUT2D eigenvalue weighted by atomic mass is 9.86. The van der Waals surface area contributed by atoms with Gasteiger partial charge in [-0.25, -0.2) is 9.97 Å². The number of carbonyl (C=O) groups is 2. The Hall–Kier alpha value is -3.60. The molecule has 1 aromatic heterocycles. The van der Waals surface area contributed by atoms with E-state index in [9.17, 15) is 9.59 Å². The number of benzene rings is 2. The highest BCUT2D eigenvalue weighted by Crippen LogP contribution is 2.39. The van der Waals surface area contributed by atoms with Crippen molar-refractivity contribution in [2.24, 2.45) is 5.92 Å². The molecule has 0 radical (unpaired) electrons. The molecule has 0 bridgehead atoms. The summed E-state index contributed by atoms with van der Waals surface area (Å²) in [6.45, 7) is 12.7. The van der Waals surface area contributed by atoms with Gasteiger partial charge in [0.1, 0.15) is 11.7 Å². The quantitative estimate of drug-likeness (QED) is 0.491. The molecule has 174 valence electrons. The summed E-state index contributed by atoms with van der Waals surface area (Å²) in [4.78, 5) is 35.2. The molecule has 4 rings (SSSR count). The topological polar surface area (TPSA) is 72.0 Å². The van der Waals surface area contributed by atoms with Crippen LogP contribution in [0.2, 0.25) is 0 Å². The lowest BCUT2D eigenvalue weighted by molar-refractivity contribution is -0.124. The first-order valence-electron chi connectivity index (χ1n) is 11.7. The van der Waals surface area contributed by atoms with Gasteiger partial charge < -0.3 is 5.32 Å². The van der Waals surface area contributed by atoms with E-state index in [0.29, 0.717) is 18.8 Å². The van der Waals surface area contributed by atoms with Crippen LogP contribution in [0.15, 0.2) is 61.1 Å². The molecule has 1 aliphatic rings. The maximum atomic E-state index is 13.4. The van der Waals surface area contributed by atoms with Crippen molar-refractivity contribution in [3.05, 3.63) is 94.4 Å². The second kappa shape index (κ2) is 9.72. The van der Waals surface area contributed by atoms with E-state index in [1.165, 1.54) is 5.56 Å². The van der Waals surface area contributed by atoms with E-state index in [2.05, 4.69) is 47.0 Å². The van der Waals surface area contributed by atoms with Crippen molar-refractivity contribution in [3.63, 3.8) is 0 Å².